The topological polar surface area (TPSA) is 56.1 Å². The number of nitrogens with zero attached hydrogens (tertiary/aromatic N) is 3. The molecule has 1 saturated heterocycles. The van der Waals surface area contributed by atoms with E-state index in [2.05, 4.69) is 28.9 Å². The van der Waals surface area contributed by atoms with Gasteiger partial charge in [-0.15, -0.1) is 0 Å². The number of fused-ring (bicyclic) bond motifs is 1. The molecule has 34 heavy (non-hydrogen) atoms. The van der Waals surface area contributed by atoms with Crippen molar-refractivity contribution in [2.75, 3.05) is 18.0 Å². The van der Waals surface area contributed by atoms with Crippen LogP contribution in [0, 0.1) is 0 Å². The van der Waals surface area contributed by atoms with E-state index in [1.54, 1.807) is 34.9 Å². The number of carbonyl (C=O) groups excluding carboxylic acids is 1. The number of benzene rings is 3. The lowest BCUT2D eigenvalue weighted by atomic mass is 10.1. The Balaban J connectivity index is 1.53. The van der Waals surface area contributed by atoms with E-state index in [4.69, 9.17) is 11.6 Å². The van der Waals surface area contributed by atoms with Crippen molar-refractivity contribution >= 4 is 57.6 Å². The molecule has 0 spiro atoms. The number of carbonyl (C=O) groups is 1. The summed E-state index contributed by atoms with van der Waals surface area (Å²) in [4.78, 5) is 24.0. The van der Waals surface area contributed by atoms with E-state index in [1.807, 2.05) is 42.5 Å². The zero-order valence-electron chi connectivity index (χ0n) is 18.4. The first-order chi connectivity index (χ1) is 16.5. The Hall–Kier alpha value is -2.87. The molecular formula is C26H22ClN3O2S2. The van der Waals surface area contributed by atoms with Gasteiger partial charge in [-0.05, 0) is 61.0 Å². The maximum Gasteiger partial charge on any atom is 0.269 e. The predicted octanol–water partition coefficient (Wildman–Crippen LogP) is 6.65. The zero-order chi connectivity index (χ0) is 23.7. The number of phenolic OH excluding ortho intramolecular Hbond substituents is 1. The molecule has 2 aliphatic rings. The van der Waals surface area contributed by atoms with Crippen molar-refractivity contribution in [3.8, 4) is 5.75 Å². The molecule has 0 aromatic heterocycles. The quantitative estimate of drug-likeness (QED) is 0.392. The molecule has 0 unspecified atom stereocenters. The lowest BCUT2D eigenvalue weighted by molar-refractivity contribution is -0.122. The van der Waals surface area contributed by atoms with Gasteiger partial charge in [0.15, 0.2) is 5.17 Å². The van der Waals surface area contributed by atoms with E-state index in [-0.39, 0.29) is 11.7 Å². The Bertz CT molecular complexity index is 1310. The molecule has 3 aromatic carbocycles. The van der Waals surface area contributed by atoms with Crippen LogP contribution in [-0.4, -0.2) is 34.2 Å². The molecule has 1 fully saturated rings. The summed E-state index contributed by atoms with van der Waals surface area (Å²) in [6, 6.07) is 22.8. The number of halogens is 1. The van der Waals surface area contributed by atoms with Crippen LogP contribution in [0.2, 0.25) is 5.02 Å². The fourth-order valence-corrected chi connectivity index (χ4v) is 6.46. The molecular weight excluding hydrogens is 486 g/mol. The predicted molar refractivity (Wildman–Crippen MR) is 142 cm³/mol. The lowest BCUT2D eigenvalue weighted by Crippen LogP contribution is -2.32. The Morgan fingerprint density at radius 3 is 2.50 bits per heavy atom. The van der Waals surface area contributed by atoms with Gasteiger partial charge in [0, 0.05) is 23.0 Å². The molecule has 0 bridgehead atoms. The molecule has 0 radical (unpaired) electrons. The van der Waals surface area contributed by atoms with E-state index < -0.39 is 0 Å². The fraction of sp³-hybridized carbons (Fsp3) is 0.154. The van der Waals surface area contributed by atoms with E-state index in [0.29, 0.717) is 40.3 Å². The van der Waals surface area contributed by atoms with Crippen LogP contribution in [0.5, 0.6) is 5.75 Å². The highest BCUT2D eigenvalue weighted by Gasteiger charge is 2.39. The maximum atomic E-state index is 13.7. The Kier molecular flexibility index (Phi) is 6.59. The van der Waals surface area contributed by atoms with Crippen LogP contribution in [-0.2, 0) is 11.2 Å². The van der Waals surface area contributed by atoms with Crippen molar-refractivity contribution < 1.29 is 9.90 Å². The highest BCUT2D eigenvalue weighted by atomic mass is 35.5. The Morgan fingerprint density at radius 2 is 1.74 bits per heavy atom. The fourth-order valence-electron chi connectivity index (χ4n) is 3.90. The SMILES string of the molecule is CCN1C(=C2SC(=Nc3ccccc3O)N(CCc3ccccc3)C2=O)Sc2ccc(Cl)cc21. The standard InChI is InChI=1S/C26H22ClN3O2S2/c1-2-29-20-16-18(27)12-13-22(20)33-25(29)23-24(32)30(15-14-17-8-4-3-5-9-17)26(34-23)28-19-10-6-7-11-21(19)31/h3-13,16,31H,2,14-15H2,1H3. The van der Waals surface area contributed by atoms with Crippen LogP contribution >= 0.6 is 35.1 Å². The molecule has 3 aromatic rings. The van der Waals surface area contributed by atoms with Gasteiger partial charge in [-0.3, -0.25) is 9.69 Å². The largest absolute Gasteiger partial charge is 0.506 e. The minimum atomic E-state index is -0.0741. The number of hydrogen-bond acceptors (Lipinski definition) is 6. The monoisotopic (exact) mass is 507 g/mol. The van der Waals surface area contributed by atoms with Gasteiger partial charge in [0.2, 0.25) is 0 Å². The van der Waals surface area contributed by atoms with Crippen molar-refractivity contribution in [3.63, 3.8) is 0 Å². The van der Waals surface area contributed by atoms with Crippen molar-refractivity contribution in [3.05, 3.63) is 93.3 Å². The van der Waals surface area contributed by atoms with Crippen LogP contribution in [0.1, 0.15) is 12.5 Å². The third kappa shape index (κ3) is 4.43. The summed E-state index contributed by atoms with van der Waals surface area (Å²) in [6.45, 7) is 3.27. The van der Waals surface area contributed by atoms with Crippen LogP contribution in [0.15, 0.2) is 92.6 Å². The molecule has 0 atom stereocenters. The van der Waals surface area contributed by atoms with Crippen LogP contribution in [0.4, 0.5) is 11.4 Å². The van der Waals surface area contributed by atoms with Crippen molar-refractivity contribution in [1.82, 2.24) is 4.90 Å². The first kappa shape index (κ1) is 22.9. The minimum absolute atomic E-state index is 0.0741. The van der Waals surface area contributed by atoms with Gasteiger partial charge >= 0.3 is 0 Å². The number of rotatable bonds is 5. The smallest absolute Gasteiger partial charge is 0.269 e. The van der Waals surface area contributed by atoms with Gasteiger partial charge in [-0.25, -0.2) is 4.99 Å². The first-order valence-electron chi connectivity index (χ1n) is 10.9. The zero-order valence-corrected chi connectivity index (χ0v) is 20.8. The number of amidine groups is 1. The van der Waals surface area contributed by atoms with Gasteiger partial charge < -0.3 is 10.0 Å². The number of hydrogen-bond donors (Lipinski definition) is 1. The molecule has 2 heterocycles. The second-order valence-corrected chi connectivity index (χ2v) is 10.2. The summed E-state index contributed by atoms with van der Waals surface area (Å²) in [6.07, 6.45) is 0.704. The summed E-state index contributed by atoms with van der Waals surface area (Å²) in [5.74, 6) is 0.00888. The van der Waals surface area contributed by atoms with E-state index in [1.165, 1.54) is 11.8 Å². The van der Waals surface area contributed by atoms with Crippen molar-refractivity contribution in [1.29, 1.82) is 0 Å². The Morgan fingerprint density at radius 1 is 0.971 bits per heavy atom. The minimum Gasteiger partial charge on any atom is -0.506 e. The number of thioether (sulfide) groups is 2. The van der Waals surface area contributed by atoms with Crippen molar-refractivity contribution in [2.24, 2.45) is 4.99 Å². The Labute approximate surface area is 212 Å². The second kappa shape index (κ2) is 9.78. The second-order valence-electron chi connectivity index (χ2n) is 7.77. The van der Waals surface area contributed by atoms with E-state index >= 15 is 0 Å². The molecule has 8 heteroatoms. The van der Waals surface area contributed by atoms with Gasteiger partial charge in [0.25, 0.3) is 5.91 Å². The number of para-hydroxylation sites is 2. The molecule has 172 valence electrons. The third-order valence-corrected chi connectivity index (χ3v) is 8.22. The van der Waals surface area contributed by atoms with Gasteiger partial charge in [-0.2, -0.15) is 0 Å². The summed E-state index contributed by atoms with van der Waals surface area (Å²) in [5, 5.41) is 12.4. The number of aromatic hydroxyl groups is 1. The number of amides is 1. The summed E-state index contributed by atoms with van der Waals surface area (Å²) >= 11 is 9.19. The molecule has 1 amide bonds. The molecule has 1 N–H and O–H groups in total. The average molecular weight is 508 g/mol. The number of aliphatic imine (C=N–C) groups is 1. The van der Waals surface area contributed by atoms with Crippen LogP contribution < -0.4 is 4.90 Å². The van der Waals surface area contributed by atoms with Gasteiger partial charge in [0.05, 0.1) is 5.69 Å². The lowest BCUT2D eigenvalue weighted by Gasteiger charge is -2.19. The van der Waals surface area contributed by atoms with Crippen molar-refractivity contribution in [2.45, 2.75) is 18.2 Å². The molecule has 2 aliphatic heterocycles. The van der Waals surface area contributed by atoms with Crippen LogP contribution in [0.25, 0.3) is 0 Å². The maximum absolute atomic E-state index is 13.7. The van der Waals surface area contributed by atoms with Gasteiger partial charge in [-0.1, -0.05) is 65.8 Å². The molecule has 5 nitrogen and oxygen atoms in total. The average Bonchev–Trinajstić information content (AvgIpc) is 3.36. The summed E-state index contributed by atoms with van der Waals surface area (Å²) in [7, 11) is 0. The molecule has 0 saturated carbocycles. The summed E-state index contributed by atoms with van der Waals surface area (Å²) in [5.41, 5.74) is 2.60. The highest BCUT2D eigenvalue weighted by Crippen LogP contribution is 2.51. The van der Waals surface area contributed by atoms with E-state index in [9.17, 15) is 9.90 Å². The van der Waals surface area contributed by atoms with Crippen LogP contribution in [0.3, 0.4) is 0 Å². The highest BCUT2D eigenvalue weighted by molar-refractivity contribution is 8.19. The van der Waals surface area contributed by atoms with Gasteiger partial charge in [0.1, 0.15) is 21.4 Å². The van der Waals surface area contributed by atoms with E-state index in [0.717, 1.165) is 21.2 Å². The number of phenols is 1. The number of anilines is 1. The molecule has 5 rings (SSSR count). The molecule has 0 aliphatic carbocycles. The normalized spacial score (nSPS) is 18.8. The third-order valence-electron chi connectivity index (χ3n) is 5.60. The summed E-state index contributed by atoms with van der Waals surface area (Å²) < 4.78 is 0. The first-order valence-corrected chi connectivity index (χ1v) is 13.0.